The monoisotopic (exact) mass is 338 g/mol. The fraction of sp³-hybridized carbons (Fsp3) is 0.211. The molecular weight excluding hydrogens is 320 g/mol. The molecule has 1 aromatic heterocycles. The molecule has 1 N–H and O–H groups in total. The Morgan fingerprint density at radius 2 is 1.96 bits per heavy atom. The number of hydrogen-bond donors (Lipinski definition) is 1. The maximum absolute atomic E-state index is 11.9. The van der Waals surface area contributed by atoms with Crippen LogP contribution in [0.1, 0.15) is 17.8 Å². The number of amides is 1. The number of unbranched alkanes of at least 4 members (excludes halogenated alkanes) is 1. The number of thiazole rings is 1. The van der Waals surface area contributed by atoms with Crippen LogP contribution in [-0.2, 0) is 16.0 Å². The van der Waals surface area contributed by atoms with Crippen LogP contribution in [0.25, 0.3) is 21.3 Å². The molecule has 2 aromatic carbocycles. The maximum atomic E-state index is 11.9. The van der Waals surface area contributed by atoms with E-state index < -0.39 is 0 Å². The van der Waals surface area contributed by atoms with E-state index in [1.54, 1.807) is 11.3 Å². The van der Waals surface area contributed by atoms with Crippen LogP contribution in [-0.4, -0.2) is 23.7 Å². The Morgan fingerprint density at radius 1 is 1.12 bits per heavy atom. The summed E-state index contributed by atoms with van der Waals surface area (Å²) in [5.41, 5.74) is 3.24. The molecule has 5 heteroatoms. The second kappa shape index (κ2) is 7.84. The van der Waals surface area contributed by atoms with Gasteiger partial charge in [-0.15, -0.1) is 11.3 Å². The molecule has 24 heavy (non-hydrogen) atoms. The van der Waals surface area contributed by atoms with Gasteiger partial charge < -0.3 is 10.1 Å². The molecule has 0 atom stereocenters. The highest BCUT2D eigenvalue weighted by atomic mass is 32.1. The van der Waals surface area contributed by atoms with Gasteiger partial charge in [0.1, 0.15) is 11.3 Å². The minimum atomic E-state index is -0.0526. The van der Waals surface area contributed by atoms with Gasteiger partial charge in [-0.25, -0.2) is 4.98 Å². The first-order valence-electron chi connectivity index (χ1n) is 7.91. The van der Waals surface area contributed by atoms with Gasteiger partial charge >= 0.3 is 0 Å². The normalized spacial score (nSPS) is 10.7. The zero-order valence-corrected chi connectivity index (χ0v) is 14.0. The summed E-state index contributed by atoms with van der Waals surface area (Å²) in [5.74, 6) is -0.0526. The molecule has 3 aromatic rings. The number of nitrogens with one attached hydrogen (secondary N) is 1. The van der Waals surface area contributed by atoms with Crippen LogP contribution in [0.4, 0.5) is 0 Å². The van der Waals surface area contributed by atoms with Crippen LogP contribution in [0.2, 0.25) is 0 Å². The summed E-state index contributed by atoms with van der Waals surface area (Å²) in [6.07, 6.45) is 2.30. The Hall–Kier alpha value is -2.53. The number of aromatic nitrogens is 1. The molecule has 0 saturated heterocycles. The molecule has 0 aliphatic heterocycles. The molecule has 0 fully saturated rings. The van der Waals surface area contributed by atoms with Crippen LogP contribution in [0.5, 0.6) is 0 Å². The minimum Gasteiger partial charge on any atom is -0.356 e. The lowest BCUT2D eigenvalue weighted by Crippen LogP contribution is -2.26. The lowest BCUT2D eigenvalue weighted by Gasteiger charge is -2.01. The quantitative estimate of drug-likeness (QED) is 0.529. The standard InChI is InChI=1S/C19H18N2O2S/c22-11-5-4-10-20-18(23)13-19-21-16-9-8-15(12-17(16)24-19)14-6-2-1-3-7-14/h1-3,6-9,11-12H,4-5,10,13H2,(H,20,23). The second-order valence-electron chi connectivity index (χ2n) is 5.49. The summed E-state index contributed by atoms with van der Waals surface area (Å²) in [6.45, 7) is 0.528. The second-order valence-corrected chi connectivity index (χ2v) is 6.61. The molecule has 0 spiro atoms. The molecular formula is C19H18N2O2S. The Labute approximate surface area is 144 Å². The van der Waals surface area contributed by atoms with Gasteiger partial charge in [0.05, 0.1) is 16.6 Å². The molecule has 1 amide bonds. The highest BCUT2D eigenvalue weighted by Gasteiger charge is 2.09. The average molecular weight is 338 g/mol. The van der Waals surface area contributed by atoms with Crippen LogP contribution >= 0.6 is 11.3 Å². The number of carbonyl (C=O) groups is 2. The molecule has 122 valence electrons. The number of carbonyl (C=O) groups excluding carboxylic acids is 2. The zero-order chi connectivity index (χ0) is 16.8. The van der Waals surface area contributed by atoms with Crippen molar-refractivity contribution in [1.82, 2.24) is 10.3 Å². The molecule has 0 bridgehead atoms. The lowest BCUT2D eigenvalue weighted by molar-refractivity contribution is -0.120. The van der Waals surface area contributed by atoms with Crippen molar-refractivity contribution in [2.24, 2.45) is 0 Å². The van der Waals surface area contributed by atoms with Gasteiger partial charge in [-0.3, -0.25) is 4.79 Å². The largest absolute Gasteiger partial charge is 0.356 e. The number of hydrogen-bond acceptors (Lipinski definition) is 4. The fourth-order valence-electron chi connectivity index (χ4n) is 2.47. The van der Waals surface area contributed by atoms with Gasteiger partial charge in [0.15, 0.2) is 0 Å². The Morgan fingerprint density at radius 3 is 2.75 bits per heavy atom. The summed E-state index contributed by atoms with van der Waals surface area (Å²) in [7, 11) is 0. The van der Waals surface area contributed by atoms with Crippen LogP contribution < -0.4 is 5.32 Å². The summed E-state index contributed by atoms with van der Waals surface area (Å²) in [4.78, 5) is 26.7. The van der Waals surface area contributed by atoms with Gasteiger partial charge in [-0.05, 0) is 29.7 Å². The SMILES string of the molecule is O=CCCCNC(=O)Cc1nc2ccc(-c3ccccc3)cc2s1. The number of fused-ring (bicyclic) bond motifs is 1. The third-order valence-electron chi connectivity index (χ3n) is 3.67. The van der Waals surface area contributed by atoms with Gasteiger partial charge in [-0.2, -0.15) is 0 Å². The summed E-state index contributed by atoms with van der Waals surface area (Å²) < 4.78 is 1.08. The van der Waals surface area contributed by atoms with E-state index in [4.69, 9.17) is 0 Å². The van der Waals surface area contributed by atoms with E-state index in [0.29, 0.717) is 19.4 Å². The van der Waals surface area contributed by atoms with Crippen LogP contribution in [0.3, 0.4) is 0 Å². The van der Waals surface area contributed by atoms with Crippen molar-refractivity contribution in [3.63, 3.8) is 0 Å². The molecule has 0 aliphatic rings. The molecule has 1 heterocycles. The predicted octanol–water partition coefficient (Wildman–Crippen LogP) is 3.60. The molecule has 0 unspecified atom stereocenters. The van der Waals surface area contributed by atoms with Gasteiger partial charge in [-0.1, -0.05) is 36.4 Å². The van der Waals surface area contributed by atoms with Crippen molar-refractivity contribution < 1.29 is 9.59 Å². The molecule has 4 nitrogen and oxygen atoms in total. The Kier molecular flexibility index (Phi) is 5.33. The highest BCUT2D eigenvalue weighted by molar-refractivity contribution is 7.18. The average Bonchev–Trinajstić information content (AvgIpc) is 3.00. The van der Waals surface area contributed by atoms with Crippen molar-refractivity contribution >= 4 is 33.7 Å². The van der Waals surface area contributed by atoms with Crippen molar-refractivity contribution in [2.75, 3.05) is 6.54 Å². The molecule has 0 saturated carbocycles. The van der Waals surface area contributed by atoms with Crippen LogP contribution in [0.15, 0.2) is 48.5 Å². The van der Waals surface area contributed by atoms with Crippen molar-refractivity contribution in [2.45, 2.75) is 19.3 Å². The van der Waals surface area contributed by atoms with Gasteiger partial charge in [0.2, 0.25) is 5.91 Å². The Bertz CT molecular complexity index is 843. The molecule has 3 rings (SSSR count). The maximum Gasteiger partial charge on any atom is 0.226 e. The van der Waals surface area contributed by atoms with Gasteiger partial charge in [0, 0.05) is 13.0 Å². The molecule has 0 aliphatic carbocycles. The van der Waals surface area contributed by atoms with E-state index in [1.807, 2.05) is 24.3 Å². The first-order valence-corrected chi connectivity index (χ1v) is 8.73. The number of benzene rings is 2. The first-order chi connectivity index (χ1) is 11.8. The van der Waals surface area contributed by atoms with Crippen LogP contribution in [0, 0.1) is 0 Å². The smallest absolute Gasteiger partial charge is 0.226 e. The van der Waals surface area contributed by atoms with E-state index in [1.165, 1.54) is 5.56 Å². The van der Waals surface area contributed by atoms with E-state index in [2.05, 4.69) is 34.6 Å². The fourth-order valence-corrected chi connectivity index (χ4v) is 3.48. The van der Waals surface area contributed by atoms with Crippen molar-refractivity contribution in [3.05, 3.63) is 53.5 Å². The van der Waals surface area contributed by atoms with Crippen molar-refractivity contribution in [3.8, 4) is 11.1 Å². The highest BCUT2D eigenvalue weighted by Crippen LogP contribution is 2.28. The number of aldehydes is 1. The van der Waals surface area contributed by atoms with E-state index in [9.17, 15) is 9.59 Å². The molecule has 0 radical (unpaired) electrons. The number of nitrogens with zero attached hydrogens (tertiary/aromatic N) is 1. The topological polar surface area (TPSA) is 59.1 Å². The summed E-state index contributed by atoms with van der Waals surface area (Å²) in [6, 6.07) is 16.4. The lowest BCUT2D eigenvalue weighted by atomic mass is 10.1. The zero-order valence-electron chi connectivity index (χ0n) is 13.2. The van der Waals surface area contributed by atoms with E-state index >= 15 is 0 Å². The predicted molar refractivity (Wildman–Crippen MR) is 97.1 cm³/mol. The van der Waals surface area contributed by atoms with E-state index in [0.717, 1.165) is 27.1 Å². The summed E-state index contributed by atoms with van der Waals surface area (Å²) in [5, 5.41) is 3.62. The Balaban J connectivity index is 1.70. The van der Waals surface area contributed by atoms with Crippen molar-refractivity contribution in [1.29, 1.82) is 0 Å². The number of rotatable bonds is 7. The summed E-state index contributed by atoms with van der Waals surface area (Å²) >= 11 is 1.55. The van der Waals surface area contributed by atoms with Gasteiger partial charge in [0.25, 0.3) is 0 Å². The third-order valence-corrected chi connectivity index (χ3v) is 4.69. The third kappa shape index (κ3) is 4.06. The minimum absolute atomic E-state index is 0.0526. The first kappa shape index (κ1) is 16.3. The van der Waals surface area contributed by atoms with E-state index in [-0.39, 0.29) is 12.3 Å².